The fraction of sp³-hybridized carbons (Fsp3) is 0.400. The molecule has 1 atom stereocenters. The highest BCUT2D eigenvalue weighted by Gasteiger charge is 2.12. The van der Waals surface area contributed by atoms with Crippen LogP contribution in [0, 0.1) is 0 Å². The molecule has 2 heterocycles. The van der Waals surface area contributed by atoms with Crippen molar-refractivity contribution < 1.29 is 4.79 Å². The van der Waals surface area contributed by atoms with E-state index in [1.54, 1.807) is 17.5 Å². The molecule has 0 aliphatic heterocycles. The smallest absolute Gasteiger partial charge is 0.271 e. The Morgan fingerprint density at radius 2 is 2.29 bits per heavy atom. The lowest BCUT2D eigenvalue weighted by Crippen LogP contribution is -2.34. The summed E-state index contributed by atoms with van der Waals surface area (Å²) in [5.74, 6) is 0.445. The van der Waals surface area contributed by atoms with Gasteiger partial charge in [0.15, 0.2) is 0 Å². The van der Waals surface area contributed by atoms with Gasteiger partial charge in [0.05, 0.1) is 12.4 Å². The van der Waals surface area contributed by atoms with Crippen LogP contribution in [0.3, 0.4) is 0 Å². The fourth-order valence-corrected chi connectivity index (χ4v) is 2.61. The van der Waals surface area contributed by atoms with Crippen LogP contribution in [0.25, 0.3) is 0 Å². The lowest BCUT2D eigenvalue weighted by molar-refractivity contribution is 0.0935. The Balaban J connectivity index is 1.93. The Kier molecular flexibility index (Phi) is 5.68. The van der Waals surface area contributed by atoms with Gasteiger partial charge in [-0.05, 0) is 42.2 Å². The van der Waals surface area contributed by atoms with Crippen molar-refractivity contribution >= 4 is 23.1 Å². The number of amides is 1. The Bertz CT molecular complexity index is 571. The normalized spacial score (nSPS) is 11.9. The van der Waals surface area contributed by atoms with E-state index >= 15 is 0 Å². The van der Waals surface area contributed by atoms with Crippen molar-refractivity contribution in [1.82, 2.24) is 15.3 Å². The Labute approximate surface area is 128 Å². The lowest BCUT2D eigenvalue weighted by Gasteiger charge is -2.13. The third-order valence-corrected chi connectivity index (χ3v) is 3.65. The summed E-state index contributed by atoms with van der Waals surface area (Å²) >= 11 is 1.66. The van der Waals surface area contributed by atoms with Crippen LogP contribution in [0.1, 0.15) is 36.3 Å². The zero-order valence-corrected chi connectivity index (χ0v) is 13.1. The molecule has 0 saturated heterocycles. The quantitative estimate of drug-likeness (QED) is 0.825. The molecule has 2 aromatic rings. The van der Waals surface area contributed by atoms with Crippen LogP contribution in [0.2, 0.25) is 0 Å². The second-order valence-corrected chi connectivity index (χ2v) is 5.71. The number of hydrogen-bond acceptors (Lipinski definition) is 5. The molecule has 0 aliphatic rings. The molecule has 2 aromatic heterocycles. The van der Waals surface area contributed by atoms with Crippen LogP contribution >= 0.6 is 11.3 Å². The predicted molar refractivity (Wildman–Crippen MR) is 85.8 cm³/mol. The van der Waals surface area contributed by atoms with Crippen molar-refractivity contribution in [2.75, 3.05) is 11.9 Å². The molecule has 1 unspecified atom stereocenters. The average molecular weight is 304 g/mol. The van der Waals surface area contributed by atoms with Gasteiger partial charge in [-0.2, -0.15) is 11.3 Å². The van der Waals surface area contributed by atoms with Crippen molar-refractivity contribution in [3.63, 3.8) is 0 Å². The van der Waals surface area contributed by atoms with E-state index in [0.717, 1.165) is 19.4 Å². The summed E-state index contributed by atoms with van der Waals surface area (Å²) in [6.07, 6.45) is 4.93. The topological polar surface area (TPSA) is 66.9 Å². The van der Waals surface area contributed by atoms with E-state index in [9.17, 15) is 4.79 Å². The maximum absolute atomic E-state index is 12.2. The summed E-state index contributed by atoms with van der Waals surface area (Å²) in [5.41, 5.74) is 1.57. The van der Waals surface area contributed by atoms with E-state index in [0.29, 0.717) is 11.5 Å². The van der Waals surface area contributed by atoms with Crippen LogP contribution in [-0.4, -0.2) is 28.5 Å². The molecule has 0 saturated carbocycles. The first kappa shape index (κ1) is 15.4. The summed E-state index contributed by atoms with van der Waals surface area (Å²) in [5, 5.41) is 10.2. The Morgan fingerprint density at radius 1 is 1.43 bits per heavy atom. The van der Waals surface area contributed by atoms with E-state index in [1.165, 1.54) is 11.8 Å². The van der Waals surface area contributed by atoms with Crippen molar-refractivity contribution in [2.45, 2.75) is 32.7 Å². The van der Waals surface area contributed by atoms with Crippen molar-refractivity contribution in [2.24, 2.45) is 0 Å². The second-order valence-electron chi connectivity index (χ2n) is 4.93. The fourth-order valence-electron chi connectivity index (χ4n) is 1.92. The first-order valence-corrected chi connectivity index (χ1v) is 8.01. The van der Waals surface area contributed by atoms with Gasteiger partial charge in [-0.25, -0.2) is 4.98 Å². The molecule has 6 heteroatoms. The number of nitrogens with one attached hydrogen (secondary N) is 2. The third-order valence-electron chi connectivity index (χ3n) is 2.92. The molecule has 0 aromatic carbocycles. The number of rotatable bonds is 7. The number of hydrogen-bond donors (Lipinski definition) is 2. The maximum atomic E-state index is 12.2. The van der Waals surface area contributed by atoms with Gasteiger partial charge in [-0.3, -0.25) is 9.78 Å². The van der Waals surface area contributed by atoms with Gasteiger partial charge < -0.3 is 10.6 Å². The SMILES string of the molecule is CCCNc1cncc(C(=O)NC(C)Cc2ccsc2)n1. The molecule has 0 spiro atoms. The van der Waals surface area contributed by atoms with Crippen molar-refractivity contribution in [1.29, 1.82) is 0 Å². The molecule has 112 valence electrons. The molecule has 1 amide bonds. The van der Waals surface area contributed by atoms with E-state index in [1.807, 2.05) is 12.3 Å². The summed E-state index contributed by atoms with van der Waals surface area (Å²) in [4.78, 5) is 20.5. The van der Waals surface area contributed by atoms with Gasteiger partial charge in [0.1, 0.15) is 11.5 Å². The molecule has 5 nitrogen and oxygen atoms in total. The average Bonchev–Trinajstić information content (AvgIpc) is 2.98. The molecule has 2 N–H and O–H groups in total. The zero-order chi connectivity index (χ0) is 15.1. The van der Waals surface area contributed by atoms with Gasteiger partial charge in [0.2, 0.25) is 0 Å². The minimum Gasteiger partial charge on any atom is -0.369 e. The van der Waals surface area contributed by atoms with Gasteiger partial charge >= 0.3 is 0 Å². The maximum Gasteiger partial charge on any atom is 0.271 e. The molecule has 21 heavy (non-hydrogen) atoms. The van der Waals surface area contributed by atoms with Crippen LogP contribution in [-0.2, 0) is 6.42 Å². The number of aromatic nitrogens is 2. The molecular formula is C15H20N4OS. The van der Waals surface area contributed by atoms with Gasteiger partial charge in [-0.15, -0.1) is 0 Å². The summed E-state index contributed by atoms with van der Waals surface area (Å²) in [6, 6.07) is 2.13. The van der Waals surface area contributed by atoms with E-state index in [2.05, 4.69) is 39.0 Å². The molecular weight excluding hydrogens is 284 g/mol. The summed E-state index contributed by atoms with van der Waals surface area (Å²) in [6.45, 7) is 4.87. The predicted octanol–water partition coefficient (Wildman–Crippen LogP) is 2.72. The first-order valence-electron chi connectivity index (χ1n) is 7.07. The minimum absolute atomic E-state index is 0.0566. The standard InChI is InChI=1S/C15H20N4OS/c1-3-5-17-14-9-16-8-13(19-14)15(20)18-11(2)7-12-4-6-21-10-12/h4,6,8-11H,3,5,7H2,1-2H3,(H,17,19)(H,18,20). The van der Waals surface area contributed by atoms with E-state index in [-0.39, 0.29) is 11.9 Å². The van der Waals surface area contributed by atoms with Gasteiger partial charge in [0, 0.05) is 12.6 Å². The Hall–Kier alpha value is -1.95. The number of carbonyl (C=O) groups is 1. The summed E-state index contributed by atoms with van der Waals surface area (Å²) in [7, 11) is 0. The van der Waals surface area contributed by atoms with Crippen molar-refractivity contribution in [3.8, 4) is 0 Å². The number of thiophene rings is 1. The molecule has 2 rings (SSSR count). The highest BCUT2D eigenvalue weighted by atomic mass is 32.1. The van der Waals surface area contributed by atoms with Crippen LogP contribution in [0.5, 0.6) is 0 Å². The molecule has 0 radical (unpaired) electrons. The van der Waals surface area contributed by atoms with E-state index < -0.39 is 0 Å². The second kappa shape index (κ2) is 7.73. The highest BCUT2D eigenvalue weighted by molar-refractivity contribution is 7.07. The van der Waals surface area contributed by atoms with Crippen LogP contribution < -0.4 is 10.6 Å². The highest BCUT2D eigenvalue weighted by Crippen LogP contribution is 2.09. The molecule has 0 bridgehead atoms. The van der Waals surface area contributed by atoms with Crippen LogP contribution in [0.4, 0.5) is 5.82 Å². The number of nitrogens with zero attached hydrogens (tertiary/aromatic N) is 2. The third kappa shape index (κ3) is 4.82. The number of carbonyl (C=O) groups excluding carboxylic acids is 1. The van der Waals surface area contributed by atoms with E-state index in [4.69, 9.17) is 0 Å². The lowest BCUT2D eigenvalue weighted by atomic mass is 10.1. The largest absolute Gasteiger partial charge is 0.369 e. The number of anilines is 1. The molecule has 0 fully saturated rings. The minimum atomic E-state index is -0.189. The van der Waals surface area contributed by atoms with Gasteiger partial charge in [0.25, 0.3) is 5.91 Å². The monoisotopic (exact) mass is 304 g/mol. The first-order chi connectivity index (χ1) is 10.2. The van der Waals surface area contributed by atoms with Crippen molar-refractivity contribution in [3.05, 3.63) is 40.5 Å². The molecule has 0 aliphatic carbocycles. The summed E-state index contributed by atoms with van der Waals surface area (Å²) < 4.78 is 0. The van der Waals surface area contributed by atoms with Gasteiger partial charge in [-0.1, -0.05) is 6.92 Å². The zero-order valence-electron chi connectivity index (χ0n) is 12.3. The van der Waals surface area contributed by atoms with Crippen LogP contribution in [0.15, 0.2) is 29.2 Å². The Morgan fingerprint density at radius 3 is 3.00 bits per heavy atom.